The van der Waals surface area contributed by atoms with E-state index in [2.05, 4.69) is 19.9 Å². The first-order chi connectivity index (χ1) is 16.0. The summed E-state index contributed by atoms with van der Waals surface area (Å²) in [6.07, 6.45) is 4.75. The van der Waals surface area contributed by atoms with Crippen LogP contribution in [0.2, 0.25) is 0 Å². The van der Waals surface area contributed by atoms with Crippen LogP contribution in [0.5, 0.6) is 11.5 Å². The van der Waals surface area contributed by atoms with Gasteiger partial charge in [0.25, 0.3) is 11.6 Å². The fourth-order valence-corrected chi connectivity index (χ4v) is 4.33. The third kappa shape index (κ3) is 2.93. The molecule has 0 saturated heterocycles. The predicted molar refractivity (Wildman–Crippen MR) is 121 cm³/mol. The number of rotatable bonds is 2. The van der Waals surface area contributed by atoms with E-state index in [1.807, 2.05) is 24.3 Å². The van der Waals surface area contributed by atoms with Crippen LogP contribution in [0, 0.1) is 0 Å². The Balaban J connectivity index is 1.57. The molecule has 5 heterocycles. The highest BCUT2D eigenvalue weighted by atomic mass is 16.5. The van der Waals surface area contributed by atoms with Crippen molar-refractivity contribution in [2.75, 3.05) is 6.61 Å². The Morgan fingerprint density at radius 1 is 0.939 bits per heavy atom. The number of nitrogens with two attached hydrogens (primary N) is 1. The summed E-state index contributed by atoms with van der Waals surface area (Å²) >= 11 is 0. The number of amidine groups is 1. The summed E-state index contributed by atoms with van der Waals surface area (Å²) < 4.78 is 11.8. The van der Waals surface area contributed by atoms with Gasteiger partial charge < -0.3 is 25.2 Å². The molecule has 1 spiro atoms. The molecule has 0 fully saturated rings. The van der Waals surface area contributed by atoms with E-state index in [9.17, 15) is 9.59 Å². The van der Waals surface area contributed by atoms with Crippen molar-refractivity contribution >= 4 is 6.02 Å². The minimum Gasteiger partial charge on any atom is -0.462 e. The molecule has 33 heavy (non-hydrogen) atoms. The van der Waals surface area contributed by atoms with E-state index < -0.39 is 5.54 Å². The van der Waals surface area contributed by atoms with E-state index >= 15 is 0 Å². The molecule has 1 atom stereocenters. The highest BCUT2D eigenvalue weighted by Crippen LogP contribution is 2.51. The zero-order chi connectivity index (χ0) is 22.6. The molecule has 2 aliphatic heterocycles. The van der Waals surface area contributed by atoms with Crippen LogP contribution in [-0.2, 0) is 10.3 Å². The molecule has 9 heteroatoms. The molecule has 0 aliphatic carbocycles. The Hall–Kier alpha value is -4.66. The third-order valence-corrected chi connectivity index (χ3v) is 5.89. The summed E-state index contributed by atoms with van der Waals surface area (Å²) in [7, 11) is 0. The van der Waals surface area contributed by atoms with Gasteiger partial charge in [0, 0.05) is 29.6 Å². The van der Waals surface area contributed by atoms with Crippen LogP contribution < -0.4 is 21.6 Å². The molecule has 3 aromatic heterocycles. The second-order valence-corrected chi connectivity index (χ2v) is 7.83. The highest BCUT2D eigenvalue weighted by Gasteiger charge is 2.47. The fourth-order valence-electron chi connectivity index (χ4n) is 4.33. The monoisotopic (exact) mass is 439 g/mol. The second kappa shape index (κ2) is 6.92. The van der Waals surface area contributed by atoms with E-state index in [-0.39, 0.29) is 23.7 Å². The minimum atomic E-state index is -0.983. The number of fused-ring (bicyclic) bond motifs is 4. The van der Waals surface area contributed by atoms with Crippen LogP contribution in [0.4, 0.5) is 0 Å². The lowest BCUT2D eigenvalue weighted by Crippen LogP contribution is -2.31. The normalized spacial score (nSPS) is 18.1. The van der Waals surface area contributed by atoms with Crippen LogP contribution >= 0.6 is 0 Å². The molecule has 0 unspecified atom stereocenters. The number of nitrogens with zero attached hydrogens (tertiary/aromatic N) is 2. The zero-order valence-corrected chi connectivity index (χ0v) is 17.2. The molecule has 6 rings (SSSR count). The molecule has 4 aromatic rings. The van der Waals surface area contributed by atoms with Crippen LogP contribution in [0.15, 0.2) is 81.7 Å². The summed E-state index contributed by atoms with van der Waals surface area (Å²) in [6.45, 7) is 0.162. The van der Waals surface area contributed by atoms with Crippen molar-refractivity contribution in [1.82, 2.24) is 15.0 Å². The molecule has 0 radical (unpaired) electrons. The molecule has 0 bridgehead atoms. The summed E-state index contributed by atoms with van der Waals surface area (Å²) in [6, 6.07) is 14.3. The first-order valence-electron chi connectivity index (χ1n) is 10.2. The molecule has 0 saturated carbocycles. The molecular weight excluding hydrogens is 422 g/mol. The number of pyridine rings is 3. The van der Waals surface area contributed by atoms with Gasteiger partial charge in [0.2, 0.25) is 5.56 Å². The van der Waals surface area contributed by atoms with E-state index in [4.69, 9.17) is 15.2 Å². The van der Waals surface area contributed by atoms with E-state index in [1.165, 1.54) is 6.07 Å². The van der Waals surface area contributed by atoms with Gasteiger partial charge in [-0.25, -0.2) is 4.99 Å². The van der Waals surface area contributed by atoms with Crippen molar-refractivity contribution in [3.8, 4) is 33.9 Å². The Bertz CT molecular complexity index is 1570. The first-order valence-corrected chi connectivity index (χ1v) is 10.2. The maximum absolute atomic E-state index is 12.4. The quantitative estimate of drug-likeness (QED) is 0.439. The lowest BCUT2D eigenvalue weighted by atomic mass is 9.80. The Labute approximate surface area is 186 Å². The molecule has 9 nitrogen and oxygen atoms in total. The number of aromatic amines is 2. The van der Waals surface area contributed by atoms with Crippen molar-refractivity contribution in [1.29, 1.82) is 0 Å². The summed E-state index contributed by atoms with van der Waals surface area (Å²) in [5.41, 5.74) is 8.45. The number of hydrogen-bond donors (Lipinski definition) is 3. The standard InChI is InChI=1S/C24H17N5O4/c25-23-29-24(12-32-23)16-8-13(14-5-7-26-21(30)9-14)3-4-19(16)33-20-11-28-18(10-17(20)24)15-2-1-6-27-22(15)31/h1-11H,12H2,(H2,25,29)(H,26,30)(H,27,31)/t24-/m0/s1. The number of ether oxygens (including phenoxy) is 2. The highest BCUT2D eigenvalue weighted by molar-refractivity contribution is 5.78. The average Bonchev–Trinajstić information content (AvgIpc) is 3.21. The van der Waals surface area contributed by atoms with Crippen molar-refractivity contribution in [3.05, 3.63) is 99.0 Å². The smallest absolute Gasteiger partial charge is 0.283 e. The lowest BCUT2D eigenvalue weighted by molar-refractivity contribution is 0.264. The average molecular weight is 439 g/mol. The first kappa shape index (κ1) is 19.1. The minimum absolute atomic E-state index is 0.0614. The molecule has 2 aliphatic rings. The van der Waals surface area contributed by atoms with Gasteiger partial charge >= 0.3 is 0 Å². The van der Waals surface area contributed by atoms with Crippen LogP contribution in [-0.4, -0.2) is 27.6 Å². The van der Waals surface area contributed by atoms with Crippen LogP contribution in [0.3, 0.4) is 0 Å². The van der Waals surface area contributed by atoms with Gasteiger partial charge in [-0.3, -0.25) is 14.6 Å². The van der Waals surface area contributed by atoms with Gasteiger partial charge in [-0.05, 0) is 47.5 Å². The largest absolute Gasteiger partial charge is 0.462 e. The van der Waals surface area contributed by atoms with E-state index in [0.717, 1.165) is 16.7 Å². The zero-order valence-electron chi connectivity index (χ0n) is 17.2. The van der Waals surface area contributed by atoms with Gasteiger partial charge in [-0.1, -0.05) is 6.07 Å². The second-order valence-electron chi connectivity index (χ2n) is 7.83. The van der Waals surface area contributed by atoms with Crippen LogP contribution in [0.25, 0.3) is 22.4 Å². The maximum atomic E-state index is 12.4. The van der Waals surface area contributed by atoms with Gasteiger partial charge in [0.15, 0.2) is 11.3 Å². The lowest BCUT2D eigenvalue weighted by Gasteiger charge is -2.33. The SMILES string of the molecule is NC1=N[C@@]2(CO1)c1cc(-c3cc[nH]c(=O)c3)ccc1Oc1cnc(-c3ccc[nH]c3=O)cc12. The number of nitrogens with one attached hydrogen (secondary N) is 2. The number of hydrogen-bond acceptors (Lipinski definition) is 7. The Morgan fingerprint density at radius 3 is 2.58 bits per heavy atom. The summed E-state index contributed by atoms with van der Waals surface area (Å²) in [4.78, 5) is 38.6. The third-order valence-electron chi connectivity index (χ3n) is 5.89. The van der Waals surface area contributed by atoms with Gasteiger partial charge in [-0.15, -0.1) is 0 Å². The summed E-state index contributed by atoms with van der Waals surface area (Å²) in [5, 5.41) is 0. The van der Waals surface area contributed by atoms with E-state index in [0.29, 0.717) is 28.3 Å². The number of H-pyrrole nitrogens is 2. The fraction of sp³-hybridized carbons (Fsp3) is 0.0833. The topological polar surface area (TPSA) is 135 Å². The maximum Gasteiger partial charge on any atom is 0.283 e. The molecule has 1 aromatic carbocycles. The van der Waals surface area contributed by atoms with Crippen molar-refractivity contribution in [2.24, 2.45) is 10.7 Å². The summed E-state index contributed by atoms with van der Waals surface area (Å²) in [5.74, 6) is 1.09. The number of aromatic nitrogens is 3. The van der Waals surface area contributed by atoms with Crippen molar-refractivity contribution in [3.63, 3.8) is 0 Å². The number of aliphatic imine (C=N–C) groups is 1. The van der Waals surface area contributed by atoms with Gasteiger partial charge in [-0.2, -0.15) is 0 Å². The molecule has 162 valence electrons. The van der Waals surface area contributed by atoms with E-state index in [1.54, 1.807) is 36.8 Å². The van der Waals surface area contributed by atoms with Crippen molar-refractivity contribution < 1.29 is 9.47 Å². The predicted octanol–water partition coefficient (Wildman–Crippen LogP) is 2.49. The molecule has 0 amide bonds. The Kier molecular flexibility index (Phi) is 4.00. The van der Waals surface area contributed by atoms with Crippen LogP contribution in [0.1, 0.15) is 11.1 Å². The molecule has 4 N–H and O–H groups in total. The number of benzene rings is 1. The Morgan fingerprint density at radius 2 is 1.79 bits per heavy atom. The van der Waals surface area contributed by atoms with Gasteiger partial charge in [0.05, 0.1) is 17.5 Å². The molecular formula is C24H17N5O4. The van der Waals surface area contributed by atoms with Crippen molar-refractivity contribution in [2.45, 2.75) is 5.54 Å². The van der Waals surface area contributed by atoms with Gasteiger partial charge in [0.1, 0.15) is 12.4 Å².